The minimum atomic E-state index is -4.78. The summed E-state index contributed by atoms with van der Waals surface area (Å²) in [5, 5.41) is 0.333. The molecule has 0 saturated carbocycles. The van der Waals surface area contributed by atoms with E-state index in [0.717, 1.165) is 24.2 Å². The van der Waals surface area contributed by atoms with Gasteiger partial charge in [-0.15, -0.1) is 13.2 Å². The van der Waals surface area contributed by atoms with Gasteiger partial charge in [0.1, 0.15) is 25.2 Å². The van der Waals surface area contributed by atoms with Crippen LogP contribution in [0.15, 0.2) is 30.2 Å². The van der Waals surface area contributed by atoms with Crippen LogP contribution in [0.3, 0.4) is 0 Å². The normalized spacial score (nSPS) is 19.4. The summed E-state index contributed by atoms with van der Waals surface area (Å²) >= 11 is 1.09. The molecule has 1 atom stereocenters. The highest BCUT2D eigenvalue weighted by molar-refractivity contribution is 7.22. The molecular weight excluding hydrogens is 413 g/mol. The molecule has 0 radical (unpaired) electrons. The van der Waals surface area contributed by atoms with E-state index in [1.54, 1.807) is 0 Å². The summed E-state index contributed by atoms with van der Waals surface area (Å²) in [5.41, 5.74) is 0.458. The molecule has 1 fully saturated rings. The third kappa shape index (κ3) is 4.73. The molecule has 11 heteroatoms. The van der Waals surface area contributed by atoms with E-state index in [1.807, 2.05) is 0 Å². The SMILES string of the molecule is O=C(C1=COCCO1)N(CC1CCCO1)c1nc2ccc(OC(F)(F)F)cc2s1. The molecule has 7 nitrogen and oxygen atoms in total. The molecule has 3 heterocycles. The fraction of sp³-hybridized carbons (Fsp3) is 0.444. The Kier molecular flexibility index (Phi) is 5.50. The number of fused-ring (bicyclic) bond motifs is 1. The molecule has 0 N–H and O–H groups in total. The number of carbonyl (C=O) groups excluding carboxylic acids is 1. The van der Waals surface area contributed by atoms with Gasteiger partial charge in [0.2, 0.25) is 5.76 Å². The number of rotatable bonds is 5. The summed E-state index contributed by atoms with van der Waals surface area (Å²) in [6.07, 6.45) is -1.98. The third-order valence-electron chi connectivity index (χ3n) is 4.33. The number of amides is 1. The molecule has 2 aliphatic rings. The molecule has 1 unspecified atom stereocenters. The highest BCUT2D eigenvalue weighted by Crippen LogP contribution is 2.34. The van der Waals surface area contributed by atoms with Gasteiger partial charge in [0.05, 0.1) is 22.9 Å². The molecule has 156 valence electrons. The van der Waals surface area contributed by atoms with Crippen LogP contribution in [0, 0.1) is 0 Å². The Morgan fingerprint density at radius 2 is 2.17 bits per heavy atom. The summed E-state index contributed by atoms with van der Waals surface area (Å²) in [6, 6.07) is 3.86. The van der Waals surface area contributed by atoms with Gasteiger partial charge in [0.25, 0.3) is 5.91 Å². The zero-order valence-corrected chi connectivity index (χ0v) is 15.9. The number of anilines is 1. The highest BCUT2D eigenvalue weighted by Gasteiger charge is 2.32. The number of benzene rings is 1. The van der Waals surface area contributed by atoms with Crippen LogP contribution in [0.25, 0.3) is 10.2 Å². The lowest BCUT2D eigenvalue weighted by Crippen LogP contribution is -2.39. The predicted molar refractivity (Wildman–Crippen MR) is 97.6 cm³/mol. The molecule has 2 aromatic rings. The van der Waals surface area contributed by atoms with Gasteiger partial charge in [-0.25, -0.2) is 4.98 Å². The van der Waals surface area contributed by atoms with Crippen LogP contribution in [-0.4, -0.2) is 49.7 Å². The molecule has 1 amide bonds. The lowest BCUT2D eigenvalue weighted by molar-refractivity contribution is -0.274. The first kappa shape index (κ1) is 19.8. The molecule has 0 bridgehead atoms. The topological polar surface area (TPSA) is 70.1 Å². The van der Waals surface area contributed by atoms with Gasteiger partial charge < -0.3 is 18.9 Å². The Bertz CT molecular complexity index is 924. The number of nitrogens with zero attached hydrogens (tertiary/aromatic N) is 2. The number of hydrogen-bond donors (Lipinski definition) is 0. The van der Waals surface area contributed by atoms with E-state index >= 15 is 0 Å². The van der Waals surface area contributed by atoms with Crippen molar-refractivity contribution >= 4 is 32.6 Å². The zero-order valence-electron chi connectivity index (χ0n) is 15.1. The maximum Gasteiger partial charge on any atom is 0.573 e. The first-order valence-electron chi connectivity index (χ1n) is 8.93. The largest absolute Gasteiger partial charge is 0.573 e. The second kappa shape index (κ2) is 8.07. The van der Waals surface area contributed by atoms with Crippen LogP contribution in [0.1, 0.15) is 12.8 Å². The lowest BCUT2D eigenvalue weighted by atomic mass is 10.2. The lowest BCUT2D eigenvalue weighted by Gasteiger charge is -2.25. The average Bonchev–Trinajstić information content (AvgIpc) is 3.34. The average molecular weight is 430 g/mol. The van der Waals surface area contributed by atoms with E-state index in [-0.39, 0.29) is 30.8 Å². The van der Waals surface area contributed by atoms with E-state index in [1.165, 1.54) is 29.4 Å². The highest BCUT2D eigenvalue weighted by atomic mass is 32.1. The maximum absolute atomic E-state index is 13.0. The number of halogens is 3. The number of carbonyl (C=O) groups is 1. The molecule has 1 aromatic heterocycles. The van der Waals surface area contributed by atoms with Crippen molar-refractivity contribution in [3.8, 4) is 5.75 Å². The second-order valence-electron chi connectivity index (χ2n) is 6.43. The smallest absolute Gasteiger partial charge is 0.494 e. The van der Waals surface area contributed by atoms with Crippen LogP contribution in [0.2, 0.25) is 0 Å². The third-order valence-corrected chi connectivity index (χ3v) is 5.37. The minimum absolute atomic E-state index is 0.0506. The summed E-state index contributed by atoms with van der Waals surface area (Å²) < 4.78 is 58.1. The zero-order chi connectivity index (χ0) is 20.4. The molecule has 0 spiro atoms. The Balaban J connectivity index is 1.64. The maximum atomic E-state index is 13.0. The summed E-state index contributed by atoms with van der Waals surface area (Å²) in [5.74, 6) is -0.732. The van der Waals surface area contributed by atoms with Crippen molar-refractivity contribution in [1.82, 2.24) is 4.98 Å². The number of alkyl halides is 3. The van der Waals surface area contributed by atoms with Gasteiger partial charge in [0.15, 0.2) is 5.13 Å². The van der Waals surface area contributed by atoms with Crippen molar-refractivity contribution in [3.63, 3.8) is 0 Å². The van der Waals surface area contributed by atoms with Gasteiger partial charge in [-0.05, 0) is 25.0 Å². The number of ether oxygens (including phenoxy) is 4. The summed E-state index contributed by atoms with van der Waals surface area (Å²) in [6.45, 7) is 1.48. The van der Waals surface area contributed by atoms with E-state index < -0.39 is 12.3 Å². The summed E-state index contributed by atoms with van der Waals surface area (Å²) in [4.78, 5) is 18.8. The Hall–Kier alpha value is -2.53. The van der Waals surface area contributed by atoms with Gasteiger partial charge in [-0.1, -0.05) is 11.3 Å². The first-order valence-corrected chi connectivity index (χ1v) is 9.75. The molecule has 0 aliphatic carbocycles. The number of thiazole rings is 1. The van der Waals surface area contributed by atoms with Crippen LogP contribution in [0.5, 0.6) is 5.75 Å². The minimum Gasteiger partial charge on any atom is -0.494 e. The van der Waals surface area contributed by atoms with Gasteiger partial charge >= 0.3 is 6.36 Å². The Morgan fingerprint density at radius 3 is 2.86 bits per heavy atom. The van der Waals surface area contributed by atoms with Gasteiger partial charge in [0, 0.05) is 12.7 Å². The second-order valence-corrected chi connectivity index (χ2v) is 7.44. The van der Waals surface area contributed by atoms with Crippen molar-refractivity contribution < 1.29 is 36.9 Å². The monoisotopic (exact) mass is 430 g/mol. The van der Waals surface area contributed by atoms with Crippen molar-refractivity contribution in [1.29, 1.82) is 0 Å². The summed E-state index contributed by atoms with van der Waals surface area (Å²) in [7, 11) is 0. The number of hydrogen-bond acceptors (Lipinski definition) is 7. The quantitative estimate of drug-likeness (QED) is 0.722. The van der Waals surface area contributed by atoms with Crippen molar-refractivity contribution in [3.05, 3.63) is 30.2 Å². The van der Waals surface area contributed by atoms with E-state index in [4.69, 9.17) is 14.2 Å². The Morgan fingerprint density at radius 1 is 1.31 bits per heavy atom. The van der Waals surface area contributed by atoms with Crippen molar-refractivity contribution in [2.24, 2.45) is 0 Å². The van der Waals surface area contributed by atoms with Crippen molar-refractivity contribution in [2.75, 3.05) is 31.3 Å². The predicted octanol–water partition coefficient (Wildman–Crippen LogP) is 3.60. The Labute approximate surface area is 167 Å². The van der Waals surface area contributed by atoms with Gasteiger partial charge in [-0.2, -0.15) is 0 Å². The molecule has 1 saturated heterocycles. The van der Waals surface area contributed by atoms with Crippen LogP contribution < -0.4 is 9.64 Å². The van der Waals surface area contributed by atoms with Crippen LogP contribution in [0.4, 0.5) is 18.3 Å². The van der Waals surface area contributed by atoms with Gasteiger partial charge in [-0.3, -0.25) is 9.69 Å². The van der Waals surface area contributed by atoms with E-state index in [2.05, 4.69) is 9.72 Å². The molecule has 29 heavy (non-hydrogen) atoms. The van der Waals surface area contributed by atoms with E-state index in [0.29, 0.717) is 28.6 Å². The molecule has 1 aromatic carbocycles. The fourth-order valence-electron chi connectivity index (χ4n) is 3.06. The van der Waals surface area contributed by atoms with Crippen LogP contribution in [-0.2, 0) is 19.0 Å². The van der Waals surface area contributed by atoms with Crippen LogP contribution >= 0.6 is 11.3 Å². The van der Waals surface area contributed by atoms with Crippen molar-refractivity contribution in [2.45, 2.75) is 25.3 Å². The molecule has 4 rings (SSSR count). The number of aromatic nitrogens is 1. The standard InChI is InChI=1S/C18H17F3N2O5S/c19-18(20,21)28-11-3-4-13-15(8-11)29-17(22-13)23(9-12-2-1-5-26-12)16(24)14-10-25-6-7-27-14/h3-4,8,10,12H,1-2,5-7,9H2. The van der Waals surface area contributed by atoms with E-state index in [9.17, 15) is 18.0 Å². The fourth-order valence-corrected chi connectivity index (χ4v) is 4.06. The first-order chi connectivity index (χ1) is 13.9. The molecular formula is C18H17F3N2O5S. The molecule has 2 aliphatic heterocycles.